The Morgan fingerprint density at radius 1 is 0.386 bits per heavy atom. The third-order valence-electron chi connectivity index (χ3n) is 14.5. The molecule has 1 aliphatic rings. The fraction of sp³-hybridized carbons (Fsp3) is 0.0606. The first-order valence-electron chi connectivity index (χ1n) is 24.3. The van der Waals surface area contributed by atoms with Crippen molar-refractivity contribution >= 4 is 105 Å². The lowest BCUT2D eigenvalue weighted by molar-refractivity contribution is 0.546. The normalized spacial score (nSPS) is 12.5. The van der Waals surface area contributed by atoms with Gasteiger partial charge in [-0.3, -0.25) is 0 Å². The third-order valence-corrected chi connectivity index (χ3v) is 14.5. The summed E-state index contributed by atoms with van der Waals surface area (Å²) < 4.78 is 13.8. The molecule has 0 N–H and O–H groups in total. The molecular formula is C66H46N2O2. The highest BCUT2D eigenvalue weighted by molar-refractivity contribution is 6.33. The number of benzene rings is 11. The zero-order valence-corrected chi connectivity index (χ0v) is 38.9. The number of aryl methyl sites for hydroxylation is 3. The van der Waals surface area contributed by atoms with Crippen molar-refractivity contribution in [2.24, 2.45) is 0 Å². The summed E-state index contributed by atoms with van der Waals surface area (Å²) in [7, 11) is 0. The Hall–Kier alpha value is -8.86. The topological polar surface area (TPSA) is 32.8 Å². The molecule has 2 aromatic heterocycles. The molecule has 0 radical (unpaired) electrons. The van der Waals surface area contributed by atoms with Crippen molar-refractivity contribution in [1.82, 2.24) is 0 Å². The summed E-state index contributed by atoms with van der Waals surface area (Å²) in [6.45, 7) is 4.37. The Balaban J connectivity index is 1.15. The molecule has 4 heteroatoms. The monoisotopic (exact) mass is 898 g/mol. The Morgan fingerprint density at radius 2 is 0.886 bits per heavy atom. The summed E-state index contributed by atoms with van der Waals surface area (Å²) in [5.74, 6) is 1.05. The van der Waals surface area contributed by atoms with Crippen LogP contribution in [0, 0.1) is 13.8 Å². The quantitative estimate of drug-likeness (QED) is 0.142. The number of hydrogen-bond donors (Lipinski definition) is 0. The highest BCUT2D eigenvalue weighted by Crippen LogP contribution is 2.54. The minimum Gasteiger partial charge on any atom is -0.458 e. The molecule has 332 valence electrons. The van der Waals surface area contributed by atoms with E-state index in [9.17, 15) is 0 Å². The standard InChI is InChI=1S/C66H46N2O2/c1-41-17-13-19-43(37-41)55-39-59(67(45-21-5-3-6-22-45)57-29-15-27-51-47-25-9-11-31-61(47)69-65(51)57)53-36-34-50-56(44-20-14-18-42(2)38-44)40-60(54-35-33-49(55)63(53)64(50)54)68(46-23-7-4-8-24-46)58-30-16-28-52-48-26-10-12-32-62(48)70-66(52)58/h3-11,13-31,33-40H,12,32H2,1-2H3. The van der Waals surface area contributed by atoms with Crippen LogP contribution in [0.15, 0.2) is 221 Å². The SMILES string of the molecule is Cc1cccc(-c2cc(N(c3ccccc3)c3cccc4c5c(oc34)CCC=C5)c3ccc4c(-c5cccc(C)c5)cc(N(c5ccccc5)c5cccc6c5oc5ccccc56)c5ccc2c3c45)c1. The van der Waals surface area contributed by atoms with Gasteiger partial charge < -0.3 is 18.6 Å². The minimum absolute atomic E-state index is 0.849. The summed E-state index contributed by atoms with van der Waals surface area (Å²) >= 11 is 0. The van der Waals surface area contributed by atoms with Crippen molar-refractivity contribution in [2.75, 3.05) is 9.80 Å². The van der Waals surface area contributed by atoms with E-state index in [4.69, 9.17) is 8.83 Å². The maximum absolute atomic E-state index is 6.95. The number of anilines is 6. The fourth-order valence-corrected chi connectivity index (χ4v) is 11.4. The average Bonchev–Trinajstić information content (AvgIpc) is 3.99. The van der Waals surface area contributed by atoms with Crippen LogP contribution in [-0.4, -0.2) is 0 Å². The van der Waals surface area contributed by atoms with Crippen molar-refractivity contribution in [3.63, 3.8) is 0 Å². The first-order chi connectivity index (χ1) is 34.6. The van der Waals surface area contributed by atoms with Gasteiger partial charge in [0.15, 0.2) is 11.2 Å². The van der Waals surface area contributed by atoms with Crippen LogP contribution >= 0.6 is 0 Å². The van der Waals surface area contributed by atoms with E-state index in [0.717, 1.165) is 96.4 Å². The second-order valence-corrected chi connectivity index (χ2v) is 18.8. The molecule has 0 unspecified atom stereocenters. The summed E-state index contributed by atoms with van der Waals surface area (Å²) in [6.07, 6.45) is 6.37. The highest BCUT2D eigenvalue weighted by Gasteiger charge is 2.29. The predicted octanol–water partition coefficient (Wildman–Crippen LogP) is 19.1. The smallest absolute Gasteiger partial charge is 0.159 e. The van der Waals surface area contributed by atoms with Crippen LogP contribution in [0.1, 0.15) is 28.9 Å². The van der Waals surface area contributed by atoms with Gasteiger partial charge in [0.05, 0.1) is 22.7 Å². The van der Waals surface area contributed by atoms with Crippen LogP contribution < -0.4 is 9.80 Å². The molecule has 11 aromatic carbocycles. The van der Waals surface area contributed by atoms with Gasteiger partial charge in [0, 0.05) is 61.1 Å². The number of para-hydroxylation sites is 5. The molecule has 0 bridgehead atoms. The van der Waals surface area contributed by atoms with E-state index in [0.29, 0.717) is 0 Å². The Kier molecular flexibility index (Phi) is 9.12. The highest BCUT2D eigenvalue weighted by atomic mass is 16.3. The lowest BCUT2D eigenvalue weighted by Crippen LogP contribution is -2.12. The number of fused-ring (bicyclic) bond motifs is 6. The van der Waals surface area contributed by atoms with Crippen LogP contribution in [0.5, 0.6) is 0 Å². The summed E-state index contributed by atoms with van der Waals surface area (Å²) in [5, 5.41) is 10.4. The molecule has 2 heterocycles. The van der Waals surface area contributed by atoms with Crippen LogP contribution in [0.2, 0.25) is 0 Å². The second-order valence-electron chi connectivity index (χ2n) is 18.8. The Labute approximate surface area is 405 Å². The predicted molar refractivity (Wildman–Crippen MR) is 294 cm³/mol. The minimum atomic E-state index is 0.849. The fourth-order valence-electron chi connectivity index (χ4n) is 11.4. The van der Waals surface area contributed by atoms with Crippen LogP contribution in [0.3, 0.4) is 0 Å². The summed E-state index contributed by atoms with van der Waals surface area (Å²) in [6, 6.07) is 75.3. The molecule has 4 nitrogen and oxygen atoms in total. The third kappa shape index (κ3) is 6.23. The number of allylic oxidation sites excluding steroid dienone is 1. The van der Waals surface area contributed by atoms with Crippen molar-refractivity contribution in [3.05, 3.63) is 235 Å². The Bertz CT molecular complexity index is 4220. The molecule has 0 amide bonds. The number of rotatable bonds is 8. The van der Waals surface area contributed by atoms with Crippen LogP contribution in [-0.2, 0) is 6.42 Å². The van der Waals surface area contributed by atoms with Crippen molar-refractivity contribution in [1.29, 1.82) is 0 Å². The maximum atomic E-state index is 6.95. The van der Waals surface area contributed by atoms with Gasteiger partial charge in [-0.15, -0.1) is 0 Å². The van der Waals surface area contributed by atoms with Gasteiger partial charge in [-0.25, -0.2) is 0 Å². The first-order valence-corrected chi connectivity index (χ1v) is 24.3. The molecular weight excluding hydrogens is 853 g/mol. The molecule has 0 spiro atoms. The van der Waals surface area contributed by atoms with Gasteiger partial charge >= 0.3 is 0 Å². The average molecular weight is 899 g/mol. The van der Waals surface area contributed by atoms with E-state index in [1.54, 1.807) is 0 Å². The van der Waals surface area contributed by atoms with Gasteiger partial charge in [-0.2, -0.15) is 0 Å². The van der Waals surface area contributed by atoms with E-state index >= 15 is 0 Å². The number of furan rings is 2. The van der Waals surface area contributed by atoms with E-state index in [-0.39, 0.29) is 0 Å². The molecule has 14 rings (SSSR count). The largest absolute Gasteiger partial charge is 0.458 e. The summed E-state index contributed by atoms with van der Waals surface area (Å²) in [5.41, 5.74) is 17.1. The lowest BCUT2D eigenvalue weighted by atomic mass is 9.85. The van der Waals surface area contributed by atoms with Crippen molar-refractivity contribution < 1.29 is 8.83 Å². The van der Waals surface area contributed by atoms with Crippen molar-refractivity contribution in [3.8, 4) is 22.3 Å². The van der Waals surface area contributed by atoms with E-state index in [1.165, 1.54) is 60.5 Å². The van der Waals surface area contributed by atoms with Crippen LogP contribution in [0.25, 0.3) is 93.6 Å². The lowest BCUT2D eigenvalue weighted by Gasteiger charge is -2.31. The van der Waals surface area contributed by atoms with Gasteiger partial charge in [0.1, 0.15) is 11.3 Å². The molecule has 13 aromatic rings. The summed E-state index contributed by atoms with van der Waals surface area (Å²) in [4.78, 5) is 4.86. The molecule has 1 aliphatic carbocycles. The first kappa shape index (κ1) is 40.2. The van der Waals surface area contributed by atoms with E-state index in [1.807, 2.05) is 6.07 Å². The van der Waals surface area contributed by atoms with Crippen LogP contribution in [0.4, 0.5) is 34.1 Å². The van der Waals surface area contributed by atoms with Gasteiger partial charge in [0.2, 0.25) is 0 Å². The number of hydrogen-bond acceptors (Lipinski definition) is 4. The van der Waals surface area contributed by atoms with Gasteiger partial charge in [0.25, 0.3) is 0 Å². The van der Waals surface area contributed by atoms with Crippen molar-refractivity contribution in [2.45, 2.75) is 26.7 Å². The zero-order valence-electron chi connectivity index (χ0n) is 38.9. The van der Waals surface area contributed by atoms with Gasteiger partial charge in [-0.1, -0.05) is 175 Å². The number of nitrogens with zero attached hydrogens (tertiary/aromatic N) is 2. The van der Waals surface area contributed by atoms with E-state index < -0.39 is 0 Å². The molecule has 0 saturated heterocycles. The van der Waals surface area contributed by atoms with E-state index in [2.05, 4.69) is 236 Å². The molecule has 0 aliphatic heterocycles. The molecule has 0 saturated carbocycles. The van der Waals surface area contributed by atoms with Gasteiger partial charge in [-0.05, 0) is 108 Å². The molecule has 0 atom stereocenters. The molecule has 0 fully saturated rings. The maximum Gasteiger partial charge on any atom is 0.159 e. The Morgan fingerprint density at radius 3 is 1.47 bits per heavy atom. The second kappa shape index (κ2) is 15.9. The molecule has 70 heavy (non-hydrogen) atoms. The zero-order chi connectivity index (χ0) is 46.5.